The summed E-state index contributed by atoms with van der Waals surface area (Å²) in [7, 11) is 0. The van der Waals surface area contributed by atoms with E-state index in [-0.39, 0.29) is 11.9 Å². The molecule has 0 N–H and O–H groups in total. The predicted octanol–water partition coefficient (Wildman–Crippen LogP) is 2.35. The van der Waals surface area contributed by atoms with Crippen LogP contribution in [-0.4, -0.2) is 26.9 Å². The van der Waals surface area contributed by atoms with E-state index in [1.165, 1.54) is 0 Å². The minimum atomic E-state index is 0.0493. The monoisotopic (exact) mass is 267 g/mol. The van der Waals surface area contributed by atoms with Crippen LogP contribution in [0.5, 0.6) is 0 Å². The second-order valence-electron chi connectivity index (χ2n) is 5.12. The molecule has 1 aliphatic heterocycles. The van der Waals surface area contributed by atoms with Gasteiger partial charge in [0.2, 0.25) is 5.91 Å². The second-order valence-corrected chi connectivity index (χ2v) is 5.12. The molecular formula is C16H17N3O. The van der Waals surface area contributed by atoms with E-state index in [9.17, 15) is 4.79 Å². The molecule has 1 aromatic heterocycles. The van der Waals surface area contributed by atoms with Crippen LogP contribution in [0.2, 0.25) is 0 Å². The van der Waals surface area contributed by atoms with Crippen LogP contribution in [0.15, 0.2) is 24.3 Å². The predicted molar refractivity (Wildman–Crippen MR) is 77.9 cm³/mol. The summed E-state index contributed by atoms with van der Waals surface area (Å²) < 4.78 is 2.06. The van der Waals surface area contributed by atoms with E-state index in [1.807, 2.05) is 29.2 Å². The van der Waals surface area contributed by atoms with Crippen molar-refractivity contribution in [3.05, 3.63) is 30.1 Å². The lowest BCUT2D eigenvalue weighted by molar-refractivity contribution is -0.129. The van der Waals surface area contributed by atoms with Gasteiger partial charge in [0.25, 0.3) is 0 Å². The van der Waals surface area contributed by atoms with Crippen LogP contribution in [0.1, 0.15) is 31.6 Å². The molecule has 0 bridgehead atoms. The first-order valence-corrected chi connectivity index (χ1v) is 6.88. The van der Waals surface area contributed by atoms with E-state index in [4.69, 9.17) is 11.4 Å². The van der Waals surface area contributed by atoms with Crippen molar-refractivity contribution in [1.82, 2.24) is 14.5 Å². The van der Waals surface area contributed by atoms with Gasteiger partial charge in [-0.2, -0.15) is 0 Å². The van der Waals surface area contributed by atoms with Gasteiger partial charge in [-0.05, 0) is 25.0 Å². The SMILES string of the molecule is C#CCn1c(C2CCCN2C(C)=O)nc2ccccc21. The second kappa shape index (κ2) is 5.01. The van der Waals surface area contributed by atoms with Crippen molar-refractivity contribution < 1.29 is 4.79 Å². The lowest BCUT2D eigenvalue weighted by atomic mass is 10.2. The Morgan fingerprint density at radius 3 is 3.05 bits per heavy atom. The summed E-state index contributed by atoms with van der Waals surface area (Å²) >= 11 is 0. The summed E-state index contributed by atoms with van der Waals surface area (Å²) in [6, 6.07) is 8.01. The first kappa shape index (κ1) is 12.7. The molecule has 0 saturated carbocycles. The maximum Gasteiger partial charge on any atom is 0.220 e. The summed E-state index contributed by atoms with van der Waals surface area (Å²) in [6.07, 6.45) is 7.46. The molecule has 0 spiro atoms. The molecule has 2 aromatic rings. The third-order valence-electron chi connectivity index (χ3n) is 3.89. The molecule has 1 amide bonds. The normalized spacial score (nSPS) is 18.4. The van der Waals surface area contributed by atoms with Crippen molar-refractivity contribution in [2.75, 3.05) is 6.54 Å². The quantitative estimate of drug-likeness (QED) is 0.783. The molecule has 4 nitrogen and oxygen atoms in total. The summed E-state index contributed by atoms with van der Waals surface area (Å²) in [5, 5.41) is 0. The number of hydrogen-bond donors (Lipinski definition) is 0. The molecule has 1 aromatic carbocycles. The Bertz CT molecular complexity index is 695. The number of carbonyl (C=O) groups is 1. The number of benzene rings is 1. The highest BCUT2D eigenvalue weighted by Gasteiger charge is 2.31. The standard InChI is InChI=1S/C16H17N3O/c1-3-10-19-14-8-5-4-7-13(14)17-16(19)15-9-6-11-18(15)12(2)20/h1,4-5,7-8,15H,6,9-11H2,2H3. The van der Waals surface area contributed by atoms with Gasteiger partial charge in [-0.15, -0.1) is 6.42 Å². The average molecular weight is 267 g/mol. The van der Waals surface area contributed by atoms with E-state index in [0.29, 0.717) is 6.54 Å². The number of fused-ring (bicyclic) bond motifs is 1. The van der Waals surface area contributed by atoms with Crippen LogP contribution in [-0.2, 0) is 11.3 Å². The van der Waals surface area contributed by atoms with E-state index in [2.05, 4.69) is 10.5 Å². The largest absolute Gasteiger partial charge is 0.333 e. The number of para-hydroxylation sites is 2. The molecule has 102 valence electrons. The molecule has 20 heavy (non-hydrogen) atoms. The molecule has 1 unspecified atom stereocenters. The highest BCUT2D eigenvalue weighted by atomic mass is 16.2. The van der Waals surface area contributed by atoms with Gasteiger partial charge in [0.1, 0.15) is 5.82 Å². The van der Waals surface area contributed by atoms with Crippen LogP contribution >= 0.6 is 0 Å². The number of imidazole rings is 1. The smallest absolute Gasteiger partial charge is 0.220 e. The maximum atomic E-state index is 11.8. The number of aromatic nitrogens is 2. The Hall–Kier alpha value is -2.28. The van der Waals surface area contributed by atoms with Crippen LogP contribution in [0.4, 0.5) is 0 Å². The number of likely N-dealkylation sites (tertiary alicyclic amines) is 1. The first-order valence-electron chi connectivity index (χ1n) is 6.88. The Labute approximate surface area is 118 Å². The Balaban J connectivity index is 2.13. The van der Waals surface area contributed by atoms with E-state index in [1.54, 1.807) is 6.92 Å². The van der Waals surface area contributed by atoms with Crippen LogP contribution < -0.4 is 0 Å². The van der Waals surface area contributed by atoms with Gasteiger partial charge in [0.15, 0.2) is 0 Å². The fourth-order valence-corrected chi connectivity index (χ4v) is 3.02. The van der Waals surface area contributed by atoms with Crippen molar-refractivity contribution in [3.8, 4) is 12.3 Å². The zero-order chi connectivity index (χ0) is 14.1. The number of rotatable bonds is 2. The van der Waals surface area contributed by atoms with Crippen LogP contribution in [0, 0.1) is 12.3 Å². The lowest BCUT2D eigenvalue weighted by Gasteiger charge is -2.23. The zero-order valence-corrected chi connectivity index (χ0v) is 11.5. The lowest BCUT2D eigenvalue weighted by Crippen LogP contribution is -2.29. The van der Waals surface area contributed by atoms with Gasteiger partial charge in [0.05, 0.1) is 23.6 Å². The van der Waals surface area contributed by atoms with Gasteiger partial charge < -0.3 is 9.47 Å². The molecule has 4 heteroatoms. The highest BCUT2D eigenvalue weighted by Crippen LogP contribution is 2.33. The molecule has 2 heterocycles. The maximum absolute atomic E-state index is 11.8. The van der Waals surface area contributed by atoms with E-state index >= 15 is 0 Å². The molecule has 1 saturated heterocycles. The Morgan fingerprint density at radius 2 is 2.30 bits per heavy atom. The number of carbonyl (C=O) groups excluding carboxylic acids is 1. The molecule has 1 atom stereocenters. The first-order chi connectivity index (χ1) is 9.72. The molecule has 0 aliphatic carbocycles. The van der Waals surface area contributed by atoms with Gasteiger partial charge >= 0.3 is 0 Å². The van der Waals surface area contributed by atoms with E-state index < -0.39 is 0 Å². The summed E-state index contributed by atoms with van der Waals surface area (Å²) in [5.41, 5.74) is 1.98. The van der Waals surface area contributed by atoms with Crippen molar-refractivity contribution in [3.63, 3.8) is 0 Å². The van der Waals surface area contributed by atoms with Gasteiger partial charge in [-0.1, -0.05) is 18.1 Å². The Morgan fingerprint density at radius 1 is 1.50 bits per heavy atom. The minimum absolute atomic E-state index is 0.0493. The highest BCUT2D eigenvalue weighted by molar-refractivity contribution is 5.77. The number of nitrogens with zero attached hydrogens (tertiary/aromatic N) is 3. The van der Waals surface area contributed by atoms with Crippen molar-refractivity contribution in [2.45, 2.75) is 32.4 Å². The van der Waals surface area contributed by atoms with Crippen molar-refractivity contribution in [1.29, 1.82) is 0 Å². The zero-order valence-electron chi connectivity index (χ0n) is 11.5. The van der Waals surface area contributed by atoms with Gasteiger partial charge in [-0.3, -0.25) is 4.79 Å². The molecule has 1 fully saturated rings. The van der Waals surface area contributed by atoms with Crippen LogP contribution in [0.3, 0.4) is 0 Å². The van der Waals surface area contributed by atoms with Crippen molar-refractivity contribution >= 4 is 16.9 Å². The molecule has 3 rings (SSSR count). The van der Waals surface area contributed by atoms with Crippen LogP contribution in [0.25, 0.3) is 11.0 Å². The fourth-order valence-electron chi connectivity index (χ4n) is 3.02. The molecule has 0 radical (unpaired) electrons. The van der Waals surface area contributed by atoms with Gasteiger partial charge in [-0.25, -0.2) is 4.98 Å². The third-order valence-corrected chi connectivity index (χ3v) is 3.89. The third kappa shape index (κ3) is 1.96. The number of terminal acetylenes is 1. The fraction of sp³-hybridized carbons (Fsp3) is 0.375. The Kier molecular flexibility index (Phi) is 3.19. The molecular weight excluding hydrogens is 250 g/mol. The van der Waals surface area contributed by atoms with Gasteiger partial charge in [0, 0.05) is 13.5 Å². The van der Waals surface area contributed by atoms with E-state index in [0.717, 1.165) is 36.2 Å². The average Bonchev–Trinajstić information content (AvgIpc) is 3.04. The molecule has 1 aliphatic rings. The summed E-state index contributed by atoms with van der Waals surface area (Å²) in [5.74, 6) is 3.71. The minimum Gasteiger partial charge on any atom is -0.333 e. The van der Waals surface area contributed by atoms with Crippen molar-refractivity contribution in [2.24, 2.45) is 0 Å². The topological polar surface area (TPSA) is 38.1 Å². The number of hydrogen-bond acceptors (Lipinski definition) is 2. The number of amides is 1. The summed E-state index contributed by atoms with van der Waals surface area (Å²) in [4.78, 5) is 18.4. The summed E-state index contributed by atoms with van der Waals surface area (Å²) in [6.45, 7) is 2.91.